The quantitative estimate of drug-likeness (QED) is 0.538. The Morgan fingerprint density at radius 3 is 2.65 bits per heavy atom. The van der Waals surface area contributed by atoms with Crippen molar-refractivity contribution in [1.82, 2.24) is 0 Å². The van der Waals surface area contributed by atoms with E-state index in [0.29, 0.717) is 40.9 Å². The van der Waals surface area contributed by atoms with E-state index >= 15 is 0 Å². The zero-order valence-corrected chi connectivity index (χ0v) is 12.3. The first-order chi connectivity index (χ1) is 11.1. The Hall–Kier alpha value is -3.02. The summed E-state index contributed by atoms with van der Waals surface area (Å²) in [5.41, 5.74) is 3.48. The van der Waals surface area contributed by atoms with Crippen LogP contribution in [0.5, 0.6) is 5.75 Å². The highest BCUT2D eigenvalue weighted by atomic mass is 16.6. The molecule has 0 saturated carbocycles. The van der Waals surface area contributed by atoms with Crippen LogP contribution in [0.25, 0.3) is 0 Å². The third-order valence-corrected chi connectivity index (χ3v) is 4.31. The number of carbonyl (C=O) groups is 1. The topological polar surface area (TPSA) is 81.8 Å². The molecule has 0 spiro atoms. The molecule has 0 aromatic heterocycles. The van der Waals surface area contributed by atoms with Gasteiger partial charge in [-0.1, -0.05) is 24.3 Å². The first-order valence-corrected chi connectivity index (χ1v) is 7.20. The lowest BCUT2D eigenvalue weighted by atomic mass is 9.78. The number of hydrogen-bond donors (Lipinski definition) is 0. The van der Waals surface area contributed by atoms with Crippen molar-refractivity contribution in [3.63, 3.8) is 0 Å². The minimum Gasteiger partial charge on any atom is -0.490 e. The molecule has 0 fully saturated rings. The number of aliphatic imine (C=N–C) groups is 1. The molecule has 0 N–H and O–H groups in total. The maximum absolute atomic E-state index is 12.8. The van der Waals surface area contributed by atoms with Gasteiger partial charge in [-0.05, 0) is 12.5 Å². The van der Waals surface area contributed by atoms with Crippen molar-refractivity contribution in [3.05, 3.63) is 68.3 Å². The van der Waals surface area contributed by atoms with Gasteiger partial charge >= 0.3 is 5.69 Å². The highest BCUT2D eigenvalue weighted by Gasteiger charge is 2.37. The average molecular weight is 308 g/mol. The number of benzene rings is 2. The van der Waals surface area contributed by atoms with E-state index < -0.39 is 4.92 Å². The number of hydrogen-bond acceptors (Lipinski definition) is 5. The SMILES string of the molecule is COc1cc2c3c(c1[N+](=O)[O-])CCN=C3c1ccccc1C2=O. The first kappa shape index (κ1) is 13.6. The van der Waals surface area contributed by atoms with Crippen molar-refractivity contribution in [1.29, 1.82) is 0 Å². The van der Waals surface area contributed by atoms with E-state index in [1.807, 2.05) is 12.1 Å². The van der Waals surface area contributed by atoms with Crippen molar-refractivity contribution in [2.24, 2.45) is 4.99 Å². The molecule has 0 saturated heterocycles. The molecule has 0 unspecified atom stereocenters. The van der Waals surface area contributed by atoms with Gasteiger partial charge in [-0.2, -0.15) is 0 Å². The van der Waals surface area contributed by atoms with Crippen LogP contribution in [0, 0.1) is 10.1 Å². The molecule has 1 heterocycles. The Morgan fingerprint density at radius 2 is 1.96 bits per heavy atom. The molecule has 2 aliphatic rings. The number of nitrogens with zero attached hydrogens (tertiary/aromatic N) is 2. The lowest BCUT2D eigenvalue weighted by molar-refractivity contribution is -0.386. The molecule has 2 aromatic carbocycles. The molecule has 23 heavy (non-hydrogen) atoms. The molecule has 2 aromatic rings. The second kappa shape index (κ2) is 4.74. The molecule has 6 heteroatoms. The molecule has 0 amide bonds. The summed E-state index contributed by atoms with van der Waals surface area (Å²) in [7, 11) is 1.38. The second-order valence-electron chi connectivity index (χ2n) is 5.44. The summed E-state index contributed by atoms with van der Waals surface area (Å²) in [6.45, 7) is 0.457. The zero-order valence-electron chi connectivity index (χ0n) is 12.3. The van der Waals surface area contributed by atoms with Gasteiger partial charge in [0.05, 0.1) is 17.7 Å². The van der Waals surface area contributed by atoms with Crippen molar-refractivity contribution in [3.8, 4) is 5.75 Å². The van der Waals surface area contributed by atoms with Gasteiger partial charge < -0.3 is 4.74 Å². The van der Waals surface area contributed by atoms with Crippen molar-refractivity contribution in [2.45, 2.75) is 6.42 Å². The third-order valence-electron chi connectivity index (χ3n) is 4.31. The van der Waals surface area contributed by atoms with Gasteiger partial charge in [0.25, 0.3) is 0 Å². The van der Waals surface area contributed by atoms with Crippen molar-refractivity contribution >= 4 is 17.2 Å². The number of methoxy groups -OCH3 is 1. The number of carbonyl (C=O) groups excluding carboxylic acids is 1. The lowest BCUT2D eigenvalue weighted by Gasteiger charge is -2.26. The Kier molecular flexibility index (Phi) is 2.81. The predicted molar refractivity (Wildman–Crippen MR) is 83.7 cm³/mol. The number of fused-ring (bicyclic) bond motifs is 2. The van der Waals surface area contributed by atoms with Crippen LogP contribution < -0.4 is 4.74 Å². The molecule has 1 aliphatic carbocycles. The fourth-order valence-corrected chi connectivity index (χ4v) is 3.36. The molecule has 1 aliphatic heterocycles. The van der Waals surface area contributed by atoms with Gasteiger partial charge in [0, 0.05) is 34.4 Å². The minimum atomic E-state index is -0.442. The van der Waals surface area contributed by atoms with E-state index in [1.165, 1.54) is 13.2 Å². The fourth-order valence-electron chi connectivity index (χ4n) is 3.36. The highest BCUT2D eigenvalue weighted by Crippen LogP contribution is 2.42. The van der Waals surface area contributed by atoms with Crippen LogP contribution >= 0.6 is 0 Å². The number of ketones is 1. The molecular formula is C17H12N2O4. The number of ether oxygens (including phenoxy) is 1. The summed E-state index contributed by atoms with van der Waals surface area (Å²) in [5.74, 6) is -0.0244. The van der Waals surface area contributed by atoms with Gasteiger partial charge in [0.1, 0.15) is 0 Å². The highest BCUT2D eigenvalue weighted by molar-refractivity contribution is 6.31. The maximum Gasteiger partial charge on any atom is 0.314 e. The average Bonchev–Trinajstić information content (AvgIpc) is 2.58. The molecule has 0 radical (unpaired) electrons. The zero-order chi connectivity index (χ0) is 16.1. The van der Waals surface area contributed by atoms with Gasteiger partial charge in [-0.25, -0.2) is 0 Å². The first-order valence-electron chi connectivity index (χ1n) is 7.20. The lowest BCUT2D eigenvalue weighted by Crippen LogP contribution is -2.27. The van der Waals surface area contributed by atoms with E-state index in [0.717, 1.165) is 5.56 Å². The Morgan fingerprint density at radius 1 is 1.22 bits per heavy atom. The summed E-state index contributed by atoms with van der Waals surface area (Å²) in [5, 5.41) is 11.5. The van der Waals surface area contributed by atoms with E-state index in [9.17, 15) is 14.9 Å². The van der Waals surface area contributed by atoms with Crippen molar-refractivity contribution in [2.75, 3.05) is 13.7 Å². The summed E-state index contributed by atoms with van der Waals surface area (Å²) >= 11 is 0. The Labute approximate surface area is 131 Å². The fraction of sp³-hybridized carbons (Fsp3) is 0.176. The normalized spacial score (nSPS) is 14.7. The Bertz CT molecular complexity index is 915. The van der Waals surface area contributed by atoms with Crippen LogP contribution in [0.4, 0.5) is 5.69 Å². The van der Waals surface area contributed by atoms with Gasteiger partial charge in [0.2, 0.25) is 0 Å². The van der Waals surface area contributed by atoms with Crippen LogP contribution in [0.3, 0.4) is 0 Å². The maximum atomic E-state index is 12.8. The second-order valence-corrected chi connectivity index (χ2v) is 5.44. The summed E-state index contributed by atoms with van der Waals surface area (Å²) in [4.78, 5) is 28.4. The Balaban J connectivity index is 2.12. The monoisotopic (exact) mass is 308 g/mol. The van der Waals surface area contributed by atoms with Crippen LogP contribution in [-0.2, 0) is 6.42 Å². The van der Waals surface area contributed by atoms with Gasteiger partial charge in [-0.3, -0.25) is 19.9 Å². The van der Waals surface area contributed by atoms with Crippen LogP contribution in [0.15, 0.2) is 35.3 Å². The summed E-state index contributed by atoms with van der Waals surface area (Å²) < 4.78 is 5.18. The molecular weight excluding hydrogens is 296 g/mol. The third kappa shape index (κ3) is 1.75. The van der Waals surface area contributed by atoms with Crippen LogP contribution in [-0.4, -0.2) is 30.1 Å². The molecule has 0 bridgehead atoms. The van der Waals surface area contributed by atoms with E-state index in [1.54, 1.807) is 12.1 Å². The van der Waals surface area contributed by atoms with E-state index in [4.69, 9.17) is 4.74 Å². The number of nitro benzene ring substituents is 1. The predicted octanol–water partition coefficient (Wildman–Crippen LogP) is 2.54. The van der Waals surface area contributed by atoms with Gasteiger partial charge in [0.15, 0.2) is 11.5 Å². The molecule has 114 valence electrons. The van der Waals surface area contributed by atoms with Crippen molar-refractivity contribution < 1.29 is 14.5 Å². The molecule has 0 atom stereocenters. The van der Waals surface area contributed by atoms with E-state index in [2.05, 4.69) is 4.99 Å². The smallest absolute Gasteiger partial charge is 0.314 e. The van der Waals surface area contributed by atoms with E-state index in [-0.39, 0.29) is 17.2 Å². The number of rotatable bonds is 2. The van der Waals surface area contributed by atoms with Crippen LogP contribution in [0.2, 0.25) is 0 Å². The standard InChI is InChI=1S/C17H12N2O4/c1-23-13-8-12-14-11(16(13)19(21)22)6-7-18-15(14)9-4-2-3-5-10(9)17(12)20/h2-5,8H,6-7H2,1H3. The molecule has 4 rings (SSSR count). The summed E-state index contributed by atoms with van der Waals surface area (Å²) in [6.07, 6.45) is 0.425. The summed E-state index contributed by atoms with van der Waals surface area (Å²) in [6, 6.07) is 8.70. The van der Waals surface area contributed by atoms with Gasteiger partial charge in [-0.15, -0.1) is 0 Å². The largest absolute Gasteiger partial charge is 0.490 e. The van der Waals surface area contributed by atoms with Crippen LogP contribution in [0.1, 0.15) is 32.6 Å². The molecule has 6 nitrogen and oxygen atoms in total. The number of nitro groups is 1. The minimum absolute atomic E-state index is 0.0640.